The second kappa shape index (κ2) is 15.0. The predicted octanol–water partition coefficient (Wildman–Crippen LogP) is 5.03. The van der Waals surface area contributed by atoms with Gasteiger partial charge >= 0.3 is 0 Å². The van der Waals surface area contributed by atoms with Crippen molar-refractivity contribution in [3.8, 4) is 11.5 Å². The Bertz CT molecular complexity index is 1400. The van der Waals surface area contributed by atoms with E-state index in [2.05, 4.69) is 39.4 Å². The molecule has 1 N–H and O–H groups in total. The van der Waals surface area contributed by atoms with Crippen molar-refractivity contribution in [3.05, 3.63) is 78.9 Å². The molecule has 2 fully saturated rings. The minimum Gasteiger partial charge on any atom is -0.494 e. The standard InChI is InChI=1S/C34H41N5O4S/c1-3-42-29-15-11-26(12-16-29)35-32(40)25-31-33(41)39(28-13-17-30(18-14-28)43-4-2)34(44)38(31)20-8-19-36-21-23-37(24-22-36)27-9-6-5-7-10-27/h5-7,9-18,31H,3-4,8,19-25H2,1-2H3,(H,35,40). The second-order valence-corrected chi connectivity index (χ2v) is 11.2. The van der Waals surface area contributed by atoms with Gasteiger partial charge in [0.05, 0.1) is 25.3 Å². The maximum absolute atomic E-state index is 13.8. The monoisotopic (exact) mass is 615 g/mol. The topological polar surface area (TPSA) is 77.6 Å². The fourth-order valence-corrected chi connectivity index (χ4v) is 6.12. The molecular formula is C34H41N5O4S. The lowest BCUT2D eigenvalue weighted by Crippen LogP contribution is -2.47. The second-order valence-electron chi connectivity index (χ2n) is 10.8. The number of carbonyl (C=O) groups excluding carboxylic acids is 2. The van der Waals surface area contributed by atoms with Crippen LogP contribution in [0.15, 0.2) is 78.9 Å². The molecule has 2 aliphatic heterocycles. The van der Waals surface area contributed by atoms with E-state index in [1.807, 2.05) is 61.2 Å². The van der Waals surface area contributed by atoms with Gasteiger partial charge in [-0.15, -0.1) is 0 Å². The maximum atomic E-state index is 13.8. The molecular weight excluding hydrogens is 574 g/mol. The van der Waals surface area contributed by atoms with Gasteiger partial charge in [-0.25, -0.2) is 0 Å². The molecule has 1 unspecified atom stereocenters. The van der Waals surface area contributed by atoms with Crippen LogP contribution in [0.2, 0.25) is 0 Å². The zero-order valence-corrected chi connectivity index (χ0v) is 26.3. The molecule has 0 saturated carbocycles. The molecule has 1 atom stereocenters. The molecule has 44 heavy (non-hydrogen) atoms. The smallest absolute Gasteiger partial charge is 0.256 e. The van der Waals surface area contributed by atoms with Crippen molar-refractivity contribution in [1.82, 2.24) is 9.80 Å². The third-order valence-electron chi connectivity index (χ3n) is 7.92. The average molecular weight is 616 g/mol. The van der Waals surface area contributed by atoms with Crippen molar-refractivity contribution in [2.75, 3.05) is 67.6 Å². The molecule has 0 spiro atoms. The van der Waals surface area contributed by atoms with Crippen LogP contribution in [-0.2, 0) is 9.59 Å². The van der Waals surface area contributed by atoms with E-state index in [1.54, 1.807) is 17.0 Å². The van der Waals surface area contributed by atoms with E-state index in [9.17, 15) is 9.59 Å². The number of ether oxygens (including phenoxy) is 2. The highest BCUT2D eigenvalue weighted by Crippen LogP contribution is 2.29. The van der Waals surface area contributed by atoms with Crippen molar-refractivity contribution in [2.45, 2.75) is 32.7 Å². The summed E-state index contributed by atoms with van der Waals surface area (Å²) in [6, 6.07) is 24.4. The van der Waals surface area contributed by atoms with E-state index in [1.165, 1.54) is 5.69 Å². The highest BCUT2D eigenvalue weighted by atomic mass is 32.1. The number of nitrogens with one attached hydrogen (secondary N) is 1. The summed E-state index contributed by atoms with van der Waals surface area (Å²) in [4.78, 5) is 35.4. The predicted molar refractivity (Wildman–Crippen MR) is 179 cm³/mol. The Labute approximate surface area is 265 Å². The van der Waals surface area contributed by atoms with E-state index in [-0.39, 0.29) is 18.2 Å². The Morgan fingerprint density at radius 2 is 1.43 bits per heavy atom. The summed E-state index contributed by atoms with van der Waals surface area (Å²) in [5.74, 6) is 1.02. The number of carbonyl (C=O) groups is 2. The number of benzene rings is 3. The van der Waals surface area contributed by atoms with Gasteiger partial charge in [-0.05, 0) is 99.7 Å². The summed E-state index contributed by atoms with van der Waals surface area (Å²) < 4.78 is 11.1. The molecule has 0 aliphatic carbocycles. The first-order chi connectivity index (χ1) is 21.5. The number of rotatable bonds is 13. The summed E-state index contributed by atoms with van der Waals surface area (Å²) in [5.41, 5.74) is 2.57. The number of para-hydroxylation sites is 1. The van der Waals surface area contributed by atoms with E-state index < -0.39 is 6.04 Å². The molecule has 2 saturated heterocycles. The van der Waals surface area contributed by atoms with E-state index in [0.29, 0.717) is 36.2 Å². The highest BCUT2D eigenvalue weighted by molar-refractivity contribution is 7.80. The summed E-state index contributed by atoms with van der Waals surface area (Å²) in [6.45, 7) is 10.4. The molecule has 232 valence electrons. The fourth-order valence-electron chi connectivity index (χ4n) is 5.71. The Kier molecular flexibility index (Phi) is 10.7. The zero-order chi connectivity index (χ0) is 30.9. The Morgan fingerprint density at radius 3 is 2.05 bits per heavy atom. The van der Waals surface area contributed by atoms with Crippen LogP contribution in [-0.4, -0.2) is 85.3 Å². The minimum absolute atomic E-state index is 0.00450. The number of hydrogen-bond acceptors (Lipinski definition) is 7. The van der Waals surface area contributed by atoms with Crippen LogP contribution in [0.4, 0.5) is 17.1 Å². The maximum Gasteiger partial charge on any atom is 0.256 e. The summed E-state index contributed by atoms with van der Waals surface area (Å²) >= 11 is 5.88. The summed E-state index contributed by atoms with van der Waals surface area (Å²) in [5, 5.41) is 3.35. The van der Waals surface area contributed by atoms with Gasteiger partial charge in [0.2, 0.25) is 5.91 Å². The first-order valence-electron chi connectivity index (χ1n) is 15.4. The molecule has 2 aliphatic rings. The van der Waals surface area contributed by atoms with Gasteiger partial charge in [0.15, 0.2) is 5.11 Å². The molecule has 5 rings (SSSR count). The van der Waals surface area contributed by atoms with Crippen molar-refractivity contribution >= 4 is 46.2 Å². The molecule has 0 bridgehead atoms. The number of piperazine rings is 1. The lowest BCUT2D eigenvalue weighted by Gasteiger charge is -2.36. The molecule has 9 nitrogen and oxygen atoms in total. The van der Waals surface area contributed by atoms with E-state index in [0.717, 1.165) is 50.6 Å². The number of anilines is 3. The van der Waals surface area contributed by atoms with Gasteiger partial charge in [0.25, 0.3) is 5.91 Å². The van der Waals surface area contributed by atoms with Crippen molar-refractivity contribution < 1.29 is 19.1 Å². The number of thiocarbonyl (C=S) groups is 1. The van der Waals surface area contributed by atoms with Gasteiger partial charge in [-0.2, -0.15) is 0 Å². The quantitative estimate of drug-likeness (QED) is 0.269. The summed E-state index contributed by atoms with van der Waals surface area (Å²) in [7, 11) is 0. The molecule has 3 aromatic rings. The van der Waals surface area contributed by atoms with Gasteiger partial charge in [-0.3, -0.25) is 19.4 Å². The first-order valence-corrected chi connectivity index (χ1v) is 15.8. The molecule has 0 aromatic heterocycles. The minimum atomic E-state index is -0.688. The third-order valence-corrected chi connectivity index (χ3v) is 8.34. The van der Waals surface area contributed by atoms with Crippen molar-refractivity contribution in [3.63, 3.8) is 0 Å². The largest absolute Gasteiger partial charge is 0.494 e. The van der Waals surface area contributed by atoms with E-state index >= 15 is 0 Å². The average Bonchev–Trinajstić information content (AvgIpc) is 3.27. The Morgan fingerprint density at radius 1 is 0.818 bits per heavy atom. The third kappa shape index (κ3) is 7.67. The molecule has 2 heterocycles. The van der Waals surface area contributed by atoms with Crippen LogP contribution in [0, 0.1) is 0 Å². The Hall–Kier alpha value is -4.15. The first kappa shape index (κ1) is 31.3. The zero-order valence-electron chi connectivity index (χ0n) is 25.5. The van der Waals surface area contributed by atoms with E-state index in [4.69, 9.17) is 21.7 Å². The summed E-state index contributed by atoms with van der Waals surface area (Å²) in [6.07, 6.45) is 0.822. The molecule has 2 amide bonds. The Balaban J connectivity index is 1.23. The van der Waals surface area contributed by atoms with Gasteiger partial charge in [0, 0.05) is 44.1 Å². The van der Waals surface area contributed by atoms with Crippen LogP contribution in [0.5, 0.6) is 11.5 Å². The lowest BCUT2D eigenvalue weighted by atomic mass is 10.1. The van der Waals surface area contributed by atoms with Crippen LogP contribution in [0.1, 0.15) is 26.7 Å². The van der Waals surface area contributed by atoms with Crippen LogP contribution < -0.4 is 24.6 Å². The highest BCUT2D eigenvalue weighted by Gasteiger charge is 2.44. The van der Waals surface area contributed by atoms with Crippen LogP contribution >= 0.6 is 12.2 Å². The fraction of sp³-hybridized carbons (Fsp3) is 0.382. The van der Waals surface area contributed by atoms with Crippen LogP contribution in [0.25, 0.3) is 0 Å². The molecule has 10 heteroatoms. The lowest BCUT2D eigenvalue weighted by molar-refractivity contribution is -0.124. The SMILES string of the molecule is CCOc1ccc(NC(=O)CC2C(=O)N(c3ccc(OCC)cc3)C(=S)N2CCCN2CCN(c3ccccc3)CC2)cc1. The number of hydrogen-bond donors (Lipinski definition) is 1. The van der Waals surface area contributed by atoms with Gasteiger partial charge in [-0.1, -0.05) is 18.2 Å². The van der Waals surface area contributed by atoms with Gasteiger partial charge in [0.1, 0.15) is 17.5 Å². The molecule has 0 radical (unpaired) electrons. The number of amides is 2. The van der Waals surface area contributed by atoms with Crippen molar-refractivity contribution in [1.29, 1.82) is 0 Å². The van der Waals surface area contributed by atoms with Crippen LogP contribution in [0.3, 0.4) is 0 Å². The normalized spacial score (nSPS) is 17.2. The van der Waals surface area contributed by atoms with Crippen molar-refractivity contribution in [2.24, 2.45) is 0 Å². The number of nitrogens with zero attached hydrogens (tertiary/aromatic N) is 4. The molecule has 3 aromatic carbocycles. The van der Waals surface area contributed by atoms with Gasteiger partial charge < -0.3 is 24.6 Å².